The summed E-state index contributed by atoms with van der Waals surface area (Å²) in [5, 5.41) is 17.7. The van der Waals surface area contributed by atoms with Gasteiger partial charge in [0.2, 0.25) is 0 Å². The topological polar surface area (TPSA) is 75.9 Å². The van der Waals surface area contributed by atoms with Crippen LogP contribution in [0.2, 0.25) is 0 Å². The first-order valence-electron chi connectivity index (χ1n) is 6.45. The second-order valence-electron chi connectivity index (χ2n) is 4.53. The summed E-state index contributed by atoms with van der Waals surface area (Å²) >= 11 is 1.58. The quantitative estimate of drug-likeness (QED) is 0.721. The van der Waals surface area contributed by atoms with Gasteiger partial charge in [0.1, 0.15) is 17.4 Å². The van der Waals surface area contributed by atoms with Crippen LogP contribution in [-0.2, 0) is 12.8 Å². The van der Waals surface area contributed by atoms with Crippen LogP contribution >= 0.6 is 11.8 Å². The number of aromatic hydroxyl groups is 1. The Morgan fingerprint density at radius 3 is 2.95 bits per heavy atom. The Hall–Kier alpha value is -2.28. The Kier molecular flexibility index (Phi) is 3.66. The molecule has 2 N–H and O–H groups in total. The van der Waals surface area contributed by atoms with Crippen molar-refractivity contribution >= 4 is 28.6 Å². The van der Waals surface area contributed by atoms with Crippen molar-refractivity contribution in [2.45, 2.75) is 10.6 Å². The van der Waals surface area contributed by atoms with Gasteiger partial charge in [-0.05, 0) is 18.2 Å². The largest absolute Gasteiger partial charge is 0.508 e. The number of phenolic OH excluding ortho intramolecular Hbond substituents is 1. The predicted molar refractivity (Wildman–Crippen MR) is 83.5 cm³/mol. The number of aromatic nitrogens is 4. The summed E-state index contributed by atoms with van der Waals surface area (Å²) in [4.78, 5) is 10.0. The number of thioether (sulfide) groups is 1. The highest BCUT2D eigenvalue weighted by atomic mass is 32.2. The van der Waals surface area contributed by atoms with E-state index in [2.05, 4.69) is 20.4 Å². The van der Waals surface area contributed by atoms with E-state index in [1.54, 1.807) is 34.8 Å². The van der Waals surface area contributed by atoms with Crippen molar-refractivity contribution in [1.82, 2.24) is 19.7 Å². The number of hydrogen-bond acceptors (Lipinski definition) is 6. The Bertz CT molecular complexity index is 786. The zero-order valence-corrected chi connectivity index (χ0v) is 12.6. The number of nitrogens with zero attached hydrogens (tertiary/aromatic N) is 4. The molecule has 3 rings (SSSR count). The van der Waals surface area contributed by atoms with Crippen molar-refractivity contribution in [3.63, 3.8) is 0 Å². The minimum Gasteiger partial charge on any atom is -0.508 e. The molecule has 0 fully saturated rings. The van der Waals surface area contributed by atoms with Gasteiger partial charge in [-0.2, -0.15) is 5.10 Å². The van der Waals surface area contributed by atoms with Crippen LogP contribution in [0.25, 0.3) is 11.0 Å². The van der Waals surface area contributed by atoms with E-state index in [1.165, 1.54) is 0 Å². The number of rotatable bonds is 4. The van der Waals surface area contributed by atoms with Gasteiger partial charge in [-0.3, -0.25) is 4.68 Å². The van der Waals surface area contributed by atoms with E-state index in [0.717, 1.165) is 27.6 Å². The molecule has 1 aromatic carbocycles. The summed E-state index contributed by atoms with van der Waals surface area (Å²) in [7, 11) is 3.70. The highest BCUT2D eigenvalue weighted by Gasteiger charge is 2.10. The first kappa shape index (κ1) is 13.7. The third-order valence-corrected chi connectivity index (χ3v) is 4.05. The molecule has 0 unspecified atom stereocenters. The average molecular weight is 301 g/mol. The number of anilines is 1. The fraction of sp³-hybridized carbons (Fsp3) is 0.214. The third-order valence-electron chi connectivity index (χ3n) is 3.06. The first-order chi connectivity index (χ1) is 10.2. The van der Waals surface area contributed by atoms with E-state index in [9.17, 15) is 5.11 Å². The van der Waals surface area contributed by atoms with Crippen LogP contribution in [0.15, 0.2) is 35.4 Å². The minimum atomic E-state index is 0.263. The number of benzene rings is 1. The molecule has 7 heteroatoms. The molecule has 2 heterocycles. The maximum absolute atomic E-state index is 9.48. The monoisotopic (exact) mass is 301 g/mol. The Morgan fingerprint density at radius 2 is 2.19 bits per heavy atom. The van der Waals surface area contributed by atoms with Gasteiger partial charge >= 0.3 is 0 Å². The smallest absolute Gasteiger partial charge is 0.163 e. The lowest BCUT2D eigenvalue weighted by molar-refractivity contribution is 0.474. The molecule has 6 nitrogen and oxygen atoms in total. The lowest BCUT2D eigenvalue weighted by Gasteiger charge is -2.06. The van der Waals surface area contributed by atoms with E-state index >= 15 is 0 Å². The molecule has 0 radical (unpaired) electrons. The van der Waals surface area contributed by atoms with Crippen LogP contribution < -0.4 is 5.32 Å². The van der Waals surface area contributed by atoms with Crippen LogP contribution in [-0.4, -0.2) is 31.9 Å². The number of hydrogen-bond donors (Lipinski definition) is 2. The highest BCUT2D eigenvalue weighted by Crippen LogP contribution is 2.26. The molecule has 0 bridgehead atoms. The van der Waals surface area contributed by atoms with E-state index in [1.807, 2.05) is 26.2 Å². The van der Waals surface area contributed by atoms with Gasteiger partial charge in [0.15, 0.2) is 5.65 Å². The Balaban J connectivity index is 1.88. The molecule has 0 saturated heterocycles. The zero-order chi connectivity index (χ0) is 14.8. The second kappa shape index (κ2) is 5.61. The van der Waals surface area contributed by atoms with Crippen molar-refractivity contribution in [2.75, 3.05) is 12.4 Å². The van der Waals surface area contributed by atoms with Crippen LogP contribution in [0.4, 0.5) is 5.82 Å². The predicted octanol–water partition coefficient (Wildman–Crippen LogP) is 2.40. The van der Waals surface area contributed by atoms with Crippen LogP contribution in [0.5, 0.6) is 5.75 Å². The van der Waals surface area contributed by atoms with Crippen molar-refractivity contribution in [3.05, 3.63) is 36.3 Å². The maximum atomic E-state index is 9.48. The molecule has 0 atom stereocenters. The third kappa shape index (κ3) is 2.78. The minimum absolute atomic E-state index is 0.263. The summed E-state index contributed by atoms with van der Waals surface area (Å²) in [6.45, 7) is 0. The molecule has 0 saturated carbocycles. The second-order valence-corrected chi connectivity index (χ2v) is 5.58. The summed E-state index contributed by atoms with van der Waals surface area (Å²) in [5.74, 6) is 2.39. The number of fused-ring (bicyclic) bond motifs is 1. The van der Waals surface area contributed by atoms with Gasteiger partial charge in [-0.25, -0.2) is 9.97 Å². The average Bonchev–Trinajstić information content (AvgIpc) is 2.86. The van der Waals surface area contributed by atoms with Gasteiger partial charge in [0, 0.05) is 19.0 Å². The number of phenols is 1. The molecule has 2 aromatic heterocycles. The van der Waals surface area contributed by atoms with E-state index in [0.29, 0.717) is 5.75 Å². The lowest BCUT2D eigenvalue weighted by Crippen LogP contribution is -2.02. The Labute approximate surface area is 126 Å². The molecule has 0 aliphatic carbocycles. The molecule has 3 aromatic rings. The molecule has 108 valence electrons. The fourth-order valence-electron chi connectivity index (χ4n) is 2.04. The van der Waals surface area contributed by atoms with Crippen LogP contribution in [0.1, 0.15) is 5.82 Å². The van der Waals surface area contributed by atoms with E-state index in [4.69, 9.17) is 0 Å². The molecule has 0 spiro atoms. The van der Waals surface area contributed by atoms with Crippen molar-refractivity contribution in [1.29, 1.82) is 0 Å². The SMILES string of the molecule is CNc1nc(CSc2cccc(O)c2)nc2c1cnn2C. The maximum Gasteiger partial charge on any atom is 0.163 e. The summed E-state index contributed by atoms with van der Waals surface area (Å²) in [6, 6.07) is 7.15. The molecular formula is C14H15N5OS. The molecule has 0 aliphatic rings. The normalized spacial score (nSPS) is 11.0. The van der Waals surface area contributed by atoms with Gasteiger partial charge in [0.05, 0.1) is 17.3 Å². The lowest BCUT2D eigenvalue weighted by atomic mass is 10.3. The summed E-state index contributed by atoms with van der Waals surface area (Å²) in [6.07, 6.45) is 1.76. The van der Waals surface area contributed by atoms with Gasteiger partial charge < -0.3 is 10.4 Å². The van der Waals surface area contributed by atoms with Gasteiger partial charge in [-0.15, -0.1) is 11.8 Å². The number of aryl methyl sites for hydroxylation is 1. The van der Waals surface area contributed by atoms with Gasteiger partial charge in [-0.1, -0.05) is 6.07 Å². The summed E-state index contributed by atoms with van der Waals surface area (Å²) in [5.41, 5.74) is 0.806. The highest BCUT2D eigenvalue weighted by molar-refractivity contribution is 7.98. The summed E-state index contributed by atoms with van der Waals surface area (Å²) < 4.78 is 1.74. The van der Waals surface area contributed by atoms with Crippen LogP contribution in [0.3, 0.4) is 0 Å². The number of nitrogens with one attached hydrogen (secondary N) is 1. The molecule has 0 aliphatic heterocycles. The molecule has 21 heavy (non-hydrogen) atoms. The van der Waals surface area contributed by atoms with Gasteiger partial charge in [0.25, 0.3) is 0 Å². The first-order valence-corrected chi connectivity index (χ1v) is 7.44. The van der Waals surface area contributed by atoms with Crippen molar-refractivity contribution in [2.24, 2.45) is 7.05 Å². The Morgan fingerprint density at radius 1 is 1.33 bits per heavy atom. The van der Waals surface area contributed by atoms with Crippen molar-refractivity contribution < 1.29 is 5.11 Å². The molecule has 0 amide bonds. The van der Waals surface area contributed by atoms with Crippen molar-refractivity contribution in [3.8, 4) is 5.75 Å². The molecular weight excluding hydrogens is 286 g/mol. The van der Waals surface area contributed by atoms with E-state index < -0.39 is 0 Å². The van der Waals surface area contributed by atoms with Crippen LogP contribution in [0, 0.1) is 0 Å². The fourth-order valence-corrected chi connectivity index (χ4v) is 2.85. The zero-order valence-electron chi connectivity index (χ0n) is 11.7. The van der Waals surface area contributed by atoms with E-state index in [-0.39, 0.29) is 5.75 Å². The standard InChI is InChI=1S/C14H15N5OS/c1-15-13-11-7-16-19(2)14(11)18-12(17-13)8-21-10-5-3-4-9(20)6-10/h3-7,20H,8H2,1-2H3,(H,15,17,18).